The molecule has 0 heterocycles. The van der Waals surface area contributed by atoms with E-state index in [2.05, 4.69) is 15.9 Å². The minimum atomic E-state index is -0.598. The van der Waals surface area contributed by atoms with Crippen molar-refractivity contribution in [1.82, 2.24) is 4.90 Å². The minimum Gasteiger partial charge on any atom is -0.328 e. The number of benzene rings is 1. The zero-order valence-electron chi connectivity index (χ0n) is 8.00. The lowest BCUT2D eigenvalue weighted by molar-refractivity contribution is 0.0806. The molecule has 0 saturated carbocycles. The number of nitriles is 1. The van der Waals surface area contributed by atoms with Gasteiger partial charge < -0.3 is 4.90 Å². The second-order valence-electron chi connectivity index (χ2n) is 2.92. The molecule has 78 valence electrons. The van der Waals surface area contributed by atoms with Crippen LogP contribution in [-0.2, 0) is 0 Å². The van der Waals surface area contributed by atoms with Gasteiger partial charge in [-0.2, -0.15) is 5.26 Å². The van der Waals surface area contributed by atoms with Crippen LogP contribution < -0.4 is 0 Å². The highest BCUT2D eigenvalue weighted by Crippen LogP contribution is 2.20. The highest BCUT2D eigenvalue weighted by Gasteiger charge is 2.18. The van der Waals surface area contributed by atoms with Gasteiger partial charge in [-0.05, 0) is 28.1 Å². The topological polar surface area (TPSA) is 44.1 Å². The van der Waals surface area contributed by atoms with E-state index in [1.807, 2.05) is 6.07 Å². The number of rotatable bonds is 2. The maximum atomic E-state index is 13.3. The zero-order chi connectivity index (χ0) is 11.4. The molecule has 0 bridgehead atoms. The Labute approximate surface area is 95.2 Å². The largest absolute Gasteiger partial charge is 0.328 e. The Morgan fingerprint density at radius 2 is 2.33 bits per heavy atom. The van der Waals surface area contributed by atoms with Crippen molar-refractivity contribution in [2.75, 3.05) is 13.6 Å². The standard InChI is InChI=1S/C10H8BrFN2O/c1-14(6-5-13)10(15)9-7(11)3-2-4-8(9)12/h2-4H,6H2,1H3. The second kappa shape index (κ2) is 4.89. The molecule has 15 heavy (non-hydrogen) atoms. The molecule has 0 saturated heterocycles. The van der Waals surface area contributed by atoms with Crippen molar-refractivity contribution in [2.24, 2.45) is 0 Å². The molecular formula is C10H8BrFN2O. The zero-order valence-corrected chi connectivity index (χ0v) is 9.58. The summed E-state index contributed by atoms with van der Waals surface area (Å²) in [7, 11) is 1.45. The van der Waals surface area contributed by atoms with E-state index in [-0.39, 0.29) is 12.1 Å². The average molecular weight is 271 g/mol. The fourth-order valence-electron chi connectivity index (χ4n) is 1.07. The smallest absolute Gasteiger partial charge is 0.258 e. The number of nitrogens with zero attached hydrogens (tertiary/aromatic N) is 2. The van der Waals surface area contributed by atoms with E-state index in [1.165, 1.54) is 19.2 Å². The number of halogens is 2. The first-order valence-electron chi connectivity index (χ1n) is 4.14. The summed E-state index contributed by atoms with van der Waals surface area (Å²) in [5, 5.41) is 8.42. The summed E-state index contributed by atoms with van der Waals surface area (Å²) >= 11 is 3.10. The van der Waals surface area contributed by atoms with Crippen molar-refractivity contribution >= 4 is 21.8 Å². The van der Waals surface area contributed by atoms with Crippen molar-refractivity contribution in [3.8, 4) is 6.07 Å². The molecule has 1 rings (SSSR count). The molecule has 0 radical (unpaired) electrons. The third kappa shape index (κ3) is 2.54. The summed E-state index contributed by atoms with van der Waals surface area (Å²) in [6.07, 6.45) is 0. The van der Waals surface area contributed by atoms with Gasteiger partial charge in [0.05, 0.1) is 11.6 Å². The van der Waals surface area contributed by atoms with Crippen LogP contribution in [0.3, 0.4) is 0 Å². The molecule has 0 unspecified atom stereocenters. The Bertz CT molecular complexity index is 408. The van der Waals surface area contributed by atoms with Crippen molar-refractivity contribution in [1.29, 1.82) is 5.26 Å². The molecule has 0 aliphatic heterocycles. The minimum absolute atomic E-state index is 0.0461. The van der Waals surface area contributed by atoms with Crippen molar-refractivity contribution in [2.45, 2.75) is 0 Å². The normalized spacial score (nSPS) is 9.47. The Balaban J connectivity index is 3.07. The van der Waals surface area contributed by atoms with Gasteiger partial charge in [-0.1, -0.05) is 6.07 Å². The lowest BCUT2D eigenvalue weighted by Crippen LogP contribution is -2.28. The second-order valence-corrected chi connectivity index (χ2v) is 3.77. The number of hydrogen-bond acceptors (Lipinski definition) is 2. The molecule has 0 fully saturated rings. The van der Waals surface area contributed by atoms with Crippen LogP contribution in [0, 0.1) is 17.1 Å². The third-order valence-corrected chi connectivity index (χ3v) is 2.49. The first-order valence-corrected chi connectivity index (χ1v) is 4.93. The molecule has 1 aromatic rings. The molecule has 0 atom stereocenters. The lowest BCUT2D eigenvalue weighted by atomic mass is 10.2. The van der Waals surface area contributed by atoms with Crippen LogP contribution in [0.15, 0.2) is 22.7 Å². The Kier molecular flexibility index (Phi) is 3.81. The molecule has 0 spiro atoms. The molecule has 0 aliphatic rings. The first kappa shape index (κ1) is 11.7. The van der Waals surface area contributed by atoms with Crippen LogP contribution in [-0.4, -0.2) is 24.4 Å². The van der Waals surface area contributed by atoms with Crippen LogP contribution in [0.1, 0.15) is 10.4 Å². The van der Waals surface area contributed by atoms with E-state index in [0.29, 0.717) is 4.47 Å². The summed E-state index contributed by atoms with van der Waals surface area (Å²) in [4.78, 5) is 12.8. The fourth-order valence-corrected chi connectivity index (χ4v) is 1.58. The summed E-state index contributed by atoms with van der Waals surface area (Å²) in [5.74, 6) is -1.11. The quantitative estimate of drug-likeness (QED) is 0.774. The van der Waals surface area contributed by atoms with E-state index in [9.17, 15) is 9.18 Å². The van der Waals surface area contributed by atoms with Crippen LogP contribution in [0.25, 0.3) is 0 Å². The number of carbonyl (C=O) groups is 1. The molecule has 0 aliphatic carbocycles. The highest BCUT2D eigenvalue weighted by atomic mass is 79.9. The van der Waals surface area contributed by atoms with Crippen LogP contribution in [0.2, 0.25) is 0 Å². The van der Waals surface area contributed by atoms with Gasteiger partial charge in [-0.25, -0.2) is 4.39 Å². The van der Waals surface area contributed by atoms with Crippen molar-refractivity contribution < 1.29 is 9.18 Å². The van der Waals surface area contributed by atoms with Gasteiger partial charge in [0, 0.05) is 11.5 Å². The predicted molar refractivity (Wildman–Crippen MR) is 56.7 cm³/mol. The van der Waals surface area contributed by atoms with Gasteiger partial charge in [0.25, 0.3) is 5.91 Å². The SMILES string of the molecule is CN(CC#N)C(=O)c1c(F)cccc1Br. The molecule has 1 aromatic carbocycles. The fraction of sp³-hybridized carbons (Fsp3) is 0.200. The van der Waals surface area contributed by atoms with Gasteiger partial charge in [-0.15, -0.1) is 0 Å². The Morgan fingerprint density at radius 3 is 2.87 bits per heavy atom. The number of carbonyl (C=O) groups excluding carboxylic acids is 1. The van der Waals surface area contributed by atoms with Crippen LogP contribution in [0.5, 0.6) is 0 Å². The third-order valence-electron chi connectivity index (χ3n) is 1.83. The van der Waals surface area contributed by atoms with Crippen LogP contribution >= 0.6 is 15.9 Å². The summed E-state index contributed by atoms with van der Waals surface area (Å²) in [5.41, 5.74) is -0.0461. The van der Waals surface area contributed by atoms with Crippen molar-refractivity contribution in [3.05, 3.63) is 34.1 Å². The molecule has 3 nitrogen and oxygen atoms in total. The number of amides is 1. The lowest BCUT2D eigenvalue weighted by Gasteiger charge is -2.14. The molecule has 1 amide bonds. The van der Waals surface area contributed by atoms with Gasteiger partial charge >= 0.3 is 0 Å². The average Bonchev–Trinajstić information content (AvgIpc) is 2.17. The predicted octanol–water partition coefficient (Wildman–Crippen LogP) is 2.18. The van der Waals surface area contributed by atoms with Gasteiger partial charge in [0.15, 0.2) is 0 Å². The van der Waals surface area contributed by atoms with Crippen molar-refractivity contribution in [3.63, 3.8) is 0 Å². The highest BCUT2D eigenvalue weighted by molar-refractivity contribution is 9.10. The van der Waals surface area contributed by atoms with Gasteiger partial charge in [0.2, 0.25) is 0 Å². The van der Waals surface area contributed by atoms with E-state index >= 15 is 0 Å². The van der Waals surface area contributed by atoms with E-state index in [4.69, 9.17) is 5.26 Å². The van der Waals surface area contributed by atoms with Gasteiger partial charge in [0.1, 0.15) is 12.4 Å². The first-order chi connectivity index (χ1) is 7.07. The maximum absolute atomic E-state index is 13.3. The Morgan fingerprint density at radius 1 is 1.67 bits per heavy atom. The summed E-state index contributed by atoms with van der Waals surface area (Å²) in [6.45, 7) is -0.0698. The molecule has 5 heteroatoms. The molecule has 0 N–H and O–H groups in total. The maximum Gasteiger partial charge on any atom is 0.258 e. The summed E-state index contributed by atoms with van der Waals surface area (Å²) < 4.78 is 13.7. The Hall–Kier alpha value is -1.41. The van der Waals surface area contributed by atoms with E-state index < -0.39 is 11.7 Å². The molecular weight excluding hydrogens is 263 g/mol. The molecule has 0 aromatic heterocycles. The number of hydrogen-bond donors (Lipinski definition) is 0. The van der Waals surface area contributed by atoms with E-state index in [1.54, 1.807) is 6.07 Å². The monoisotopic (exact) mass is 270 g/mol. The van der Waals surface area contributed by atoms with Crippen LogP contribution in [0.4, 0.5) is 4.39 Å². The van der Waals surface area contributed by atoms with Gasteiger partial charge in [-0.3, -0.25) is 4.79 Å². The summed E-state index contributed by atoms with van der Waals surface area (Å²) in [6, 6.07) is 6.11. The van der Waals surface area contributed by atoms with E-state index in [0.717, 1.165) is 4.90 Å².